The van der Waals surface area contributed by atoms with E-state index in [-0.39, 0.29) is 88.5 Å². The number of nitrogens with one attached hydrogen (secondary N) is 16. The maximum absolute atomic E-state index is 14.6. The van der Waals surface area contributed by atoms with Crippen LogP contribution in [0.4, 0.5) is 0 Å². The number of nitrogens with two attached hydrogens (primary N) is 5. The molecule has 26 N–H and O–H groups in total. The molecule has 618 valence electrons. The van der Waals surface area contributed by atoms with Crippen LogP contribution in [0.25, 0.3) is 10.9 Å². The number of primary amides is 4. The summed E-state index contributed by atoms with van der Waals surface area (Å²) in [6.45, 7) is 10.1. The molecule has 41 heteroatoms. The summed E-state index contributed by atoms with van der Waals surface area (Å²) in [4.78, 5) is 251. The summed E-state index contributed by atoms with van der Waals surface area (Å²) in [6, 6.07) is -9.77. The Hall–Kier alpha value is -11.3. The van der Waals surface area contributed by atoms with Crippen molar-refractivity contribution in [1.82, 2.24) is 89.4 Å². The van der Waals surface area contributed by atoms with Crippen molar-refractivity contribution in [3.8, 4) is 0 Å². The smallest absolute Gasteiger partial charge is 0.243 e. The normalized spacial score (nSPS) is 15.5. The summed E-state index contributed by atoms with van der Waals surface area (Å²) >= 11 is 1.44. The number of aromatic nitrogens is 3. The summed E-state index contributed by atoms with van der Waals surface area (Å²) < 4.78 is 0. The van der Waals surface area contributed by atoms with Crippen molar-refractivity contribution in [2.24, 2.45) is 46.4 Å². The van der Waals surface area contributed by atoms with Gasteiger partial charge in [-0.1, -0.05) is 59.7 Å². The SMILES string of the molecule is CSCC[C@H](NC(=O)[C@H](CC(C)C)NC(=O)[C@H](Cc1cnc[nH]1)NC(=O)CNC(=O)C(NC(=O)[C@H](C)NC(=O)[C@H](Cc1c[nH]c2ccccc12)NC(=O)[C@H](CCC(N)=O)NC(=O)[C@H](CC(N)=O)NC(=O)CNC(=O)[C@H](CC(C)C)NC(=O)[C@H](CCCCN)NC(=O)[C@H](CCC(N)=O)NC(=O)[C@@H]1CCC(=O)N1)C(C)C)C(N)=O. The lowest BCUT2D eigenvalue weighted by molar-refractivity contribution is -0.136. The molecule has 1 aliphatic rings. The molecule has 1 aromatic carbocycles. The Morgan fingerprint density at radius 2 is 1.02 bits per heavy atom. The van der Waals surface area contributed by atoms with Crippen LogP contribution in [0.15, 0.2) is 43.0 Å². The van der Waals surface area contributed by atoms with Crippen molar-refractivity contribution < 1.29 is 86.3 Å². The van der Waals surface area contributed by atoms with Gasteiger partial charge in [-0.15, -0.1) is 0 Å². The van der Waals surface area contributed by atoms with Gasteiger partial charge in [0.15, 0.2) is 0 Å². The number of hydrogen-bond acceptors (Lipinski definition) is 21. The van der Waals surface area contributed by atoms with Gasteiger partial charge in [0.05, 0.1) is 25.8 Å². The van der Waals surface area contributed by atoms with E-state index in [9.17, 15) is 86.3 Å². The first-order valence-electron chi connectivity index (χ1n) is 36.9. The summed E-state index contributed by atoms with van der Waals surface area (Å²) in [5, 5.41) is 35.8. The first-order valence-corrected chi connectivity index (χ1v) is 38.3. The predicted molar refractivity (Wildman–Crippen MR) is 408 cm³/mol. The van der Waals surface area contributed by atoms with Crippen molar-refractivity contribution in [3.63, 3.8) is 0 Å². The summed E-state index contributed by atoms with van der Waals surface area (Å²) in [6.07, 6.45) is 4.32. The Balaban J connectivity index is 1.50. The molecule has 0 radical (unpaired) electrons. The molecule has 1 aliphatic heterocycles. The molecular weight excluding hydrogens is 1480 g/mol. The molecule has 40 nitrogen and oxygen atoms in total. The highest BCUT2D eigenvalue weighted by molar-refractivity contribution is 7.98. The molecule has 1 saturated heterocycles. The monoisotopic (exact) mass is 1590 g/mol. The van der Waals surface area contributed by atoms with E-state index < -0.39 is 211 Å². The molecule has 18 amide bonds. The molecule has 3 heterocycles. The van der Waals surface area contributed by atoms with E-state index in [0.29, 0.717) is 40.8 Å². The van der Waals surface area contributed by atoms with Gasteiger partial charge in [0, 0.05) is 61.1 Å². The number of para-hydroxylation sites is 1. The van der Waals surface area contributed by atoms with Crippen LogP contribution in [-0.2, 0) is 99.1 Å². The van der Waals surface area contributed by atoms with Crippen molar-refractivity contribution in [2.75, 3.05) is 31.6 Å². The van der Waals surface area contributed by atoms with E-state index in [4.69, 9.17) is 28.7 Å². The summed E-state index contributed by atoms with van der Waals surface area (Å²) in [5.74, 6) is -16.5. The number of unbranched alkanes of at least 4 members (excludes halogenated alkanes) is 1. The van der Waals surface area contributed by atoms with Crippen molar-refractivity contribution in [2.45, 2.75) is 217 Å². The van der Waals surface area contributed by atoms with E-state index in [1.807, 2.05) is 20.1 Å². The van der Waals surface area contributed by atoms with Gasteiger partial charge in [-0.25, -0.2) is 4.98 Å². The Morgan fingerprint density at radius 3 is 1.54 bits per heavy atom. The molecule has 0 spiro atoms. The van der Waals surface area contributed by atoms with Crippen molar-refractivity contribution >= 4 is 129 Å². The van der Waals surface area contributed by atoms with E-state index in [1.165, 1.54) is 31.2 Å². The Labute approximate surface area is 651 Å². The molecule has 1 unspecified atom stereocenters. The van der Waals surface area contributed by atoms with Crippen molar-refractivity contribution in [3.05, 3.63) is 54.2 Å². The lowest BCUT2D eigenvalue weighted by Crippen LogP contribution is -2.60. The van der Waals surface area contributed by atoms with Gasteiger partial charge in [0.25, 0.3) is 0 Å². The minimum Gasteiger partial charge on any atom is -0.370 e. The highest BCUT2D eigenvalue weighted by Gasteiger charge is 2.38. The van der Waals surface area contributed by atoms with Gasteiger partial charge in [-0.2, -0.15) is 11.8 Å². The number of rotatable bonds is 51. The third-order valence-corrected chi connectivity index (χ3v) is 18.4. The van der Waals surface area contributed by atoms with Crippen LogP contribution in [0, 0.1) is 17.8 Å². The number of benzene rings is 1. The molecule has 0 saturated carbocycles. The number of nitrogens with zero attached hydrogens (tertiary/aromatic N) is 1. The number of amides is 18. The Kier molecular flexibility index (Phi) is 39.1. The zero-order valence-corrected chi connectivity index (χ0v) is 65.0. The number of hydrogen-bond donors (Lipinski definition) is 21. The number of H-pyrrole nitrogens is 2. The third-order valence-electron chi connectivity index (χ3n) is 17.7. The fraction of sp³-hybridized carbons (Fsp3) is 0.592. The Morgan fingerprint density at radius 1 is 0.518 bits per heavy atom. The summed E-state index contributed by atoms with van der Waals surface area (Å²) in [5.41, 5.74) is 29.2. The van der Waals surface area contributed by atoms with Gasteiger partial charge in [0.2, 0.25) is 106 Å². The predicted octanol–water partition coefficient (Wildman–Crippen LogP) is -5.94. The van der Waals surface area contributed by atoms with Crippen LogP contribution in [-0.4, -0.2) is 225 Å². The second-order valence-electron chi connectivity index (χ2n) is 28.5. The standard InChI is InChI=1S/C71H110N22O18S/c1-35(2)25-48(90-63(103)44(15-11-12-23-72)87-65(105)46(16-19-53(73)94)88-64(104)45-18-21-56(97)83-45)62(102)79-32-57(98)85-52(29-55(75)96)70(110)89-47(17-20-54(74)95)66(106)92-50(27-39-30-78-42-14-10-9-13-41(39)42)67(107)82-38(7)61(101)93-59(37(5)6)71(111)80-33-58(99)84-51(28-40-31-77-34-81-40)69(109)91-49(26-36(3)4)68(108)86-43(60(76)100)22-24-112-8/h9-10,13-14,30-31,34-38,43-52,59,78H,11-12,15-29,32-33,72H2,1-8H3,(H2,73,94)(H2,74,95)(H2,75,96)(H2,76,100)(H,77,81)(H,79,102)(H,80,111)(H,82,107)(H,83,97)(H,84,99)(H,85,98)(H,86,108)(H,87,105)(H,88,104)(H,89,110)(H,90,103)(H,91,109)(H,92,106)(H,93,101)/t38-,43-,44-,45-,46-,47-,48-,49-,50-,51-,52-,59?/m0/s1. The van der Waals surface area contributed by atoms with Gasteiger partial charge in [-0.3, -0.25) is 86.3 Å². The number of imidazole rings is 1. The first kappa shape index (κ1) is 93.1. The fourth-order valence-electron chi connectivity index (χ4n) is 11.7. The van der Waals surface area contributed by atoms with Crippen LogP contribution < -0.4 is 103 Å². The lowest BCUT2D eigenvalue weighted by Gasteiger charge is -2.27. The maximum Gasteiger partial charge on any atom is 0.243 e. The fourth-order valence-corrected chi connectivity index (χ4v) is 12.2. The molecule has 0 bridgehead atoms. The second-order valence-corrected chi connectivity index (χ2v) is 29.5. The molecule has 3 aromatic rings. The number of aromatic amines is 2. The zero-order chi connectivity index (χ0) is 83.5. The lowest BCUT2D eigenvalue weighted by atomic mass is 10.0. The minimum absolute atomic E-state index is 0.0183. The van der Waals surface area contributed by atoms with E-state index in [2.05, 4.69) is 89.4 Å². The quantitative estimate of drug-likeness (QED) is 0.0234. The van der Waals surface area contributed by atoms with Crippen LogP contribution in [0.5, 0.6) is 0 Å². The largest absolute Gasteiger partial charge is 0.370 e. The van der Waals surface area contributed by atoms with Crippen LogP contribution >= 0.6 is 11.8 Å². The highest BCUT2D eigenvalue weighted by Crippen LogP contribution is 2.21. The van der Waals surface area contributed by atoms with Gasteiger partial charge in [-0.05, 0) is 113 Å². The van der Waals surface area contributed by atoms with Gasteiger partial charge in [0.1, 0.15) is 72.5 Å². The first-order chi connectivity index (χ1) is 52.9. The van der Waals surface area contributed by atoms with Gasteiger partial charge < -0.3 is 113 Å². The highest BCUT2D eigenvalue weighted by atomic mass is 32.2. The topological polar surface area (TPSA) is 650 Å². The number of thioether (sulfide) groups is 1. The Bertz CT molecular complexity index is 3800. The molecule has 0 aliphatic carbocycles. The maximum atomic E-state index is 14.6. The number of carbonyl (C=O) groups excluding carboxylic acids is 18. The summed E-state index contributed by atoms with van der Waals surface area (Å²) in [7, 11) is 0. The third kappa shape index (κ3) is 32.7. The number of fused-ring (bicyclic) bond motifs is 1. The molecule has 112 heavy (non-hydrogen) atoms. The zero-order valence-electron chi connectivity index (χ0n) is 64.2. The van der Waals surface area contributed by atoms with Crippen LogP contribution in [0.2, 0.25) is 0 Å². The minimum atomic E-state index is -1.87. The molecular formula is C71H110N22O18S. The number of carbonyl (C=O) groups is 18. The van der Waals surface area contributed by atoms with Crippen LogP contribution in [0.3, 0.4) is 0 Å². The average molecular weight is 1590 g/mol. The van der Waals surface area contributed by atoms with Gasteiger partial charge >= 0.3 is 0 Å². The van der Waals surface area contributed by atoms with E-state index in [1.54, 1.807) is 58.2 Å². The molecule has 12 atom stereocenters. The molecule has 1 fully saturated rings. The molecule has 4 rings (SSSR count). The van der Waals surface area contributed by atoms with Crippen LogP contribution in [0.1, 0.15) is 143 Å². The van der Waals surface area contributed by atoms with E-state index >= 15 is 0 Å². The average Bonchev–Trinajstić information content (AvgIpc) is 1.66. The second kappa shape index (κ2) is 47.1. The van der Waals surface area contributed by atoms with Crippen molar-refractivity contribution in [1.29, 1.82) is 0 Å². The molecule has 2 aromatic heterocycles. The van der Waals surface area contributed by atoms with E-state index in [0.717, 1.165) is 0 Å².